The average Bonchev–Trinajstić information content (AvgIpc) is 3.54. The number of hydrogen-bond acceptors (Lipinski definition) is 6. The maximum Gasteiger partial charge on any atom is 0.410 e. The molecule has 41 heavy (non-hydrogen) atoms. The molecule has 2 aliphatic rings. The fourth-order valence-electron chi connectivity index (χ4n) is 5.42. The lowest BCUT2D eigenvalue weighted by molar-refractivity contribution is -0.129. The minimum atomic E-state index is -2.62. The van der Waals surface area contributed by atoms with Crippen molar-refractivity contribution < 1.29 is 23.1 Å². The molecule has 6 rings (SSSR count). The third-order valence-corrected chi connectivity index (χ3v) is 9.74. The van der Waals surface area contributed by atoms with Crippen LogP contribution in [0.3, 0.4) is 0 Å². The minimum absolute atomic E-state index is 0.224. The average molecular weight is 609 g/mol. The monoisotopic (exact) mass is 608 g/mol. The Balaban J connectivity index is 1.12. The Morgan fingerprint density at radius 2 is 1.88 bits per heavy atom. The molecule has 2 amide bonds. The molecule has 8 nitrogen and oxygen atoms in total. The van der Waals surface area contributed by atoms with Crippen LogP contribution in [-0.4, -0.2) is 49.7 Å². The number of carbonyl (C=O) groups is 2. The molecule has 0 radical (unpaired) electrons. The van der Waals surface area contributed by atoms with Crippen molar-refractivity contribution in [3.63, 3.8) is 0 Å². The van der Waals surface area contributed by atoms with E-state index in [2.05, 4.69) is 6.07 Å². The molecule has 0 N–H and O–H groups in total. The molecule has 1 saturated heterocycles. The van der Waals surface area contributed by atoms with Gasteiger partial charge in [-0.15, -0.1) is 11.3 Å². The normalized spacial score (nSPS) is 17.5. The maximum absolute atomic E-state index is 13.4. The van der Waals surface area contributed by atoms with E-state index in [1.807, 2.05) is 48.5 Å². The Kier molecular flexibility index (Phi) is 7.99. The van der Waals surface area contributed by atoms with Crippen molar-refractivity contribution in [2.45, 2.75) is 38.6 Å². The lowest BCUT2D eigenvalue weighted by atomic mass is 9.97. The number of benzene rings is 3. The van der Waals surface area contributed by atoms with Crippen LogP contribution in [0.15, 0.2) is 72.8 Å². The second kappa shape index (κ2) is 11.8. The number of likely N-dealkylation sites (tertiary alicyclic amines) is 1. The second-order valence-corrected chi connectivity index (χ2v) is 12.5. The van der Waals surface area contributed by atoms with Gasteiger partial charge in [-0.3, -0.25) is 13.3 Å². The van der Waals surface area contributed by atoms with Gasteiger partial charge in [-0.25, -0.2) is 4.79 Å². The summed E-state index contributed by atoms with van der Waals surface area (Å²) in [5, 5.41) is 1.93. The van der Waals surface area contributed by atoms with Crippen LogP contribution >= 0.6 is 22.9 Å². The Hall–Kier alpha value is -3.44. The largest absolute Gasteiger partial charge is 0.755 e. The van der Waals surface area contributed by atoms with Gasteiger partial charge < -0.3 is 19.1 Å². The van der Waals surface area contributed by atoms with E-state index in [1.54, 1.807) is 28.0 Å². The van der Waals surface area contributed by atoms with Gasteiger partial charge in [-0.2, -0.15) is 0 Å². The van der Waals surface area contributed by atoms with Gasteiger partial charge in [0, 0.05) is 47.2 Å². The van der Waals surface area contributed by atoms with Crippen LogP contribution in [-0.2, 0) is 46.9 Å². The Labute approximate surface area is 249 Å². The molecule has 2 atom stereocenters. The number of amides is 2. The summed E-state index contributed by atoms with van der Waals surface area (Å²) < 4.78 is 32.2. The van der Waals surface area contributed by atoms with E-state index in [0.29, 0.717) is 42.6 Å². The van der Waals surface area contributed by atoms with Gasteiger partial charge >= 0.3 is 6.09 Å². The molecule has 0 bridgehead atoms. The third-order valence-electron chi connectivity index (χ3n) is 7.52. The first-order chi connectivity index (χ1) is 19.9. The number of hydrogen-bond donors (Lipinski definition) is 0. The molecule has 4 aromatic rings. The molecule has 0 spiro atoms. The molecule has 2 aliphatic heterocycles. The standard InChI is InChI=1S/C30H28ClN3O5S2/c31-25-9-8-23-15-28(40-27(23)16-25)34(41(37)38)26-11-13-32(29(26)35)17-21-6-7-22-10-12-33(18-24(22)14-21)30(36)39-19-20-4-2-1-3-5-20/h1-9,14-16,26H,10-13,17-19H2,(H,37,38)/p-1. The number of anilines is 1. The summed E-state index contributed by atoms with van der Waals surface area (Å²) in [7, 11) is 0. The van der Waals surface area contributed by atoms with E-state index in [1.165, 1.54) is 21.2 Å². The van der Waals surface area contributed by atoms with Crippen molar-refractivity contribution >= 4 is 61.3 Å². The fourth-order valence-corrected chi connectivity index (χ4v) is 7.62. The van der Waals surface area contributed by atoms with Gasteiger partial charge in [0.15, 0.2) is 0 Å². The molecule has 1 fully saturated rings. The zero-order valence-electron chi connectivity index (χ0n) is 22.0. The van der Waals surface area contributed by atoms with E-state index in [9.17, 15) is 18.4 Å². The number of halogens is 1. The number of rotatable bonds is 7. The van der Waals surface area contributed by atoms with Crippen molar-refractivity contribution in [2.24, 2.45) is 0 Å². The van der Waals surface area contributed by atoms with E-state index in [4.69, 9.17) is 16.3 Å². The first-order valence-corrected chi connectivity index (χ1v) is 15.5. The SMILES string of the molecule is O=C(OCc1ccccc1)N1CCc2ccc(CN3CCC(N(c4cc5ccc(Cl)cc5s4)S(=O)[O-])C3=O)cc2C1. The Morgan fingerprint density at radius 1 is 1.05 bits per heavy atom. The molecular weight excluding hydrogens is 582 g/mol. The smallest absolute Gasteiger partial charge is 0.410 e. The highest BCUT2D eigenvalue weighted by atomic mass is 35.5. The van der Waals surface area contributed by atoms with Crippen LogP contribution in [0.2, 0.25) is 5.02 Å². The zero-order chi connectivity index (χ0) is 28.5. The first kappa shape index (κ1) is 27.7. The minimum Gasteiger partial charge on any atom is -0.755 e. The second-order valence-electron chi connectivity index (χ2n) is 10.2. The predicted molar refractivity (Wildman–Crippen MR) is 159 cm³/mol. The van der Waals surface area contributed by atoms with Crippen LogP contribution in [0.4, 0.5) is 9.80 Å². The number of ether oxygens (including phenoxy) is 1. The molecule has 1 aromatic heterocycles. The van der Waals surface area contributed by atoms with Crippen molar-refractivity contribution in [2.75, 3.05) is 17.4 Å². The number of thiophene rings is 1. The zero-order valence-corrected chi connectivity index (χ0v) is 24.4. The van der Waals surface area contributed by atoms with Crippen LogP contribution in [0.5, 0.6) is 0 Å². The Bertz CT molecular complexity index is 1630. The summed E-state index contributed by atoms with van der Waals surface area (Å²) in [6, 6.07) is 22.0. The Morgan fingerprint density at radius 3 is 2.68 bits per heavy atom. The van der Waals surface area contributed by atoms with Crippen LogP contribution in [0, 0.1) is 0 Å². The number of nitrogens with zero attached hydrogens (tertiary/aromatic N) is 3. The summed E-state index contributed by atoms with van der Waals surface area (Å²) in [5.41, 5.74) is 4.07. The summed E-state index contributed by atoms with van der Waals surface area (Å²) in [6.45, 7) is 2.05. The van der Waals surface area contributed by atoms with Crippen LogP contribution in [0.1, 0.15) is 28.7 Å². The highest BCUT2D eigenvalue weighted by Gasteiger charge is 2.37. The van der Waals surface area contributed by atoms with E-state index < -0.39 is 17.3 Å². The van der Waals surface area contributed by atoms with E-state index in [0.717, 1.165) is 33.2 Å². The fraction of sp³-hybridized carbons (Fsp3) is 0.267. The molecule has 2 unspecified atom stereocenters. The summed E-state index contributed by atoms with van der Waals surface area (Å²) in [6.07, 6.45) is 0.774. The van der Waals surface area contributed by atoms with Crippen molar-refractivity contribution in [1.29, 1.82) is 0 Å². The molecule has 212 valence electrons. The summed E-state index contributed by atoms with van der Waals surface area (Å²) in [5.74, 6) is -0.228. The molecule has 11 heteroatoms. The highest BCUT2D eigenvalue weighted by molar-refractivity contribution is 7.81. The predicted octanol–water partition coefficient (Wildman–Crippen LogP) is 5.65. The highest BCUT2D eigenvalue weighted by Crippen LogP contribution is 2.37. The van der Waals surface area contributed by atoms with Gasteiger partial charge in [0.2, 0.25) is 5.91 Å². The molecule has 3 aromatic carbocycles. The summed E-state index contributed by atoms with van der Waals surface area (Å²) >= 11 is 4.78. The van der Waals surface area contributed by atoms with Gasteiger partial charge in [0.05, 0.1) is 0 Å². The van der Waals surface area contributed by atoms with Gasteiger partial charge in [0.25, 0.3) is 0 Å². The lowest BCUT2D eigenvalue weighted by Gasteiger charge is -2.30. The molecule has 3 heterocycles. The van der Waals surface area contributed by atoms with Gasteiger partial charge in [-0.05, 0) is 58.7 Å². The first-order valence-electron chi connectivity index (χ1n) is 13.3. The van der Waals surface area contributed by atoms with Crippen molar-refractivity contribution in [1.82, 2.24) is 9.80 Å². The van der Waals surface area contributed by atoms with Crippen molar-refractivity contribution in [3.8, 4) is 0 Å². The van der Waals surface area contributed by atoms with E-state index >= 15 is 0 Å². The van der Waals surface area contributed by atoms with Crippen molar-refractivity contribution in [3.05, 3.63) is 100 Å². The third kappa shape index (κ3) is 5.97. The molecule has 0 saturated carbocycles. The van der Waals surface area contributed by atoms with Crippen LogP contribution in [0.25, 0.3) is 10.1 Å². The topological polar surface area (TPSA) is 93.2 Å². The number of fused-ring (bicyclic) bond motifs is 2. The van der Waals surface area contributed by atoms with Crippen LogP contribution < -0.4 is 4.31 Å². The van der Waals surface area contributed by atoms with Gasteiger partial charge in [0.1, 0.15) is 17.6 Å². The maximum atomic E-state index is 13.4. The lowest BCUT2D eigenvalue weighted by Crippen LogP contribution is -2.42. The molecular formula is C30H27ClN3O5S2-. The summed E-state index contributed by atoms with van der Waals surface area (Å²) in [4.78, 5) is 29.6. The number of carbonyl (C=O) groups excluding carboxylic acids is 2. The molecule has 0 aliphatic carbocycles. The van der Waals surface area contributed by atoms with E-state index in [-0.39, 0.29) is 18.6 Å². The van der Waals surface area contributed by atoms with Gasteiger partial charge in [-0.1, -0.05) is 66.2 Å². The quantitative estimate of drug-likeness (QED) is 0.253.